The van der Waals surface area contributed by atoms with Crippen molar-refractivity contribution in [2.24, 2.45) is 11.8 Å². The third-order valence-corrected chi connectivity index (χ3v) is 7.58. The molecule has 8 heteroatoms. The van der Waals surface area contributed by atoms with Crippen LogP contribution in [0.15, 0.2) is 12.7 Å². The van der Waals surface area contributed by atoms with Crippen LogP contribution in [0.1, 0.15) is 59.8 Å². The Hall–Kier alpha value is -1.93. The first-order chi connectivity index (χ1) is 15.3. The number of nitrogens with zero attached hydrogens (tertiary/aromatic N) is 2. The van der Waals surface area contributed by atoms with Crippen molar-refractivity contribution >= 4 is 17.8 Å². The minimum absolute atomic E-state index is 0.203. The fourth-order valence-corrected chi connectivity index (χ4v) is 6.06. The van der Waals surface area contributed by atoms with E-state index >= 15 is 0 Å². The first kappa shape index (κ1) is 24.7. The predicted octanol–water partition coefficient (Wildman–Crippen LogP) is 1.90. The molecule has 0 aliphatic carbocycles. The minimum atomic E-state index is -1.09. The van der Waals surface area contributed by atoms with Gasteiger partial charge in [-0.15, -0.1) is 6.58 Å². The van der Waals surface area contributed by atoms with Gasteiger partial charge in [-0.05, 0) is 39.5 Å². The van der Waals surface area contributed by atoms with Gasteiger partial charge in [-0.3, -0.25) is 14.4 Å². The number of amides is 2. The molecule has 2 amide bonds. The summed E-state index contributed by atoms with van der Waals surface area (Å²) in [5.41, 5.74) is -1.89. The van der Waals surface area contributed by atoms with E-state index in [1.54, 1.807) is 24.8 Å². The van der Waals surface area contributed by atoms with Crippen molar-refractivity contribution in [2.45, 2.75) is 83.1 Å². The molecule has 3 fully saturated rings. The molecule has 0 radical (unpaired) electrons. The summed E-state index contributed by atoms with van der Waals surface area (Å²) in [5.74, 6) is -2.47. The van der Waals surface area contributed by atoms with Crippen LogP contribution in [0, 0.1) is 11.8 Å². The Morgan fingerprint density at radius 1 is 1.38 bits per heavy atom. The Morgan fingerprint density at radius 3 is 2.66 bits per heavy atom. The molecule has 3 aliphatic rings. The van der Waals surface area contributed by atoms with Crippen LogP contribution in [0.3, 0.4) is 0 Å². The van der Waals surface area contributed by atoms with Gasteiger partial charge in [0.2, 0.25) is 11.8 Å². The number of aliphatic hydroxyl groups excluding tert-OH is 1. The normalized spacial score (nSPS) is 33.8. The third-order valence-electron chi connectivity index (χ3n) is 7.58. The Kier molecular flexibility index (Phi) is 7.34. The lowest BCUT2D eigenvalue weighted by molar-refractivity contribution is -0.163. The molecule has 3 saturated heterocycles. The van der Waals surface area contributed by atoms with Crippen molar-refractivity contribution in [3.63, 3.8) is 0 Å². The molecule has 8 nitrogen and oxygen atoms in total. The molecule has 0 aromatic rings. The van der Waals surface area contributed by atoms with E-state index in [4.69, 9.17) is 9.47 Å². The maximum absolute atomic E-state index is 13.9. The SMILES string of the molecule is C=CCN(CCCC)C(=O)C1N([C@H](C)CO)C(=O)[C@@H]2[C@H](C(=O)OCC)[C@]3(CC)CCC12O3. The van der Waals surface area contributed by atoms with Crippen LogP contribution in [0.2, 0.25) is 0 Å². The molecular formula is C24H38N2O6. The minimum Gasteiger partial charge on any atom is -0.466 e. The molecule has 2 unspecified atom stereocenters. The number of fused-ring (bicyclic) bond motifs is 1. The van der Waals surface area contributed by atoms with Gasteiger partial charge in [-0.2, -0.15) is 0 Å². The first-order valence-electron chi connectivity index (χ1n) is 12.0. The van der Waals surface area contributed by atoms with Crippen LogP contribution in [0.25, 0.3) is 0 Å². The average Bonchev–Trinajstić information content (AvgIpc) is 3.39. The largest absolute Gasteiger partial charge is 0.466 e. The Labute approximate surface area is 190 Å². The monoisotopic (exact) mass is 450 g/mol. The molecule has 0 aromatic carbocycles. The summed E-state index contributed by atoms with van der Waals surface area (Å²) in [7, 11) is 0. The topological polar surface area (TPSA) is 96.4 Å². The van der Waals surface area contributed by atoms with E-state index < -0.39 is 41.1 Å². The molecule has 6 atom stereocenters. The van der Waals surface area contributed by atoms with Crippen LogP contribution in [-0.2, 0) is 23.9 Å². The Balaban J connectivity index is 2.09. The van der Waals surface area contributed by atoms with Gasteiger partial charge in [0.15, 0.2) is 0 Å². The standard InChI is InChI=1S/C24H38N2O6/c1-6-10-14-25(13-7-2)21(29)19-24-12-11-23(8-3,32-24)18(22(30)31-9-4)17(24)20(28)26(19)16(5)15-27/h7,16-19,27H,2,6,8-15H2,1,3-5H3/t16-,17+,18-,19?,23+,24?/m1/s1. The highest BCUT2D eigenvalue weighted by Crippen LogP contribution is 2.64. The number of likely N-dealkylation sites (tertiary alicyclic amines) is 1. The lowest BCUT2D eigenvalue weighted by Crippen LogP contribution is -2.58. The average molecular weight is 451 g/mol. The molecule has 32 heavy (non-hydrogen) atoms. The highest BCUT2D eigenvalue weighted by Gasteiger charge is 2.79. The molecule has 180 valence electrons. The summed E-state index contributed by atoms with van der Waals surface area (Å²) in [6.07, 6.45) is 5.12. The lowest BCUT2D eigenvalue weighted by Gasteiger charge is -2.38. The van der Waals surface area contributed by atoms with Gasteiger partial charge in [0.25, 0.3) is 0 Å². The van der Waals surface area contributed by atoms with Crippen LogP contribution < -0.4 is 0 Å². The van der Waals surface area contributed by atoms with Gasteiger partial charge in [0, 0.05) is 13.1 Å². The molecular weight excluding hydrogens is 412 g/mol. The summed E-state index contributed by atoms with van der Waals surface area (Å²) in [6.45, 7) is 12.1. The number of hydrogen-bond acceptors (Lipinski definition) is 6. The summed E-state index contributed by atoms with van der Waals surface area (Å²) < 4.78 is 12.0. The van der Waals surface area contributed by atoms with Crippen molar-refractivity contribution in [3.8, 4) is 0 Å². The smallest absolute Gasteiger partial charge is 0.312 e. The summed E-state index contributed by atoms with van der Waals surface area (Å²) in [6, 6.07) is -1.46. The number of hydrogen-bond donors (Lipinski definition) is 1. The van der Waals surface area contributed by atoms with Crippen LogP contribution in [0.4, 0.5) is 0 Å². The molecule has 2 bridgehead atoms. The van der Waals surface area contributed by atoms with Gasteiger partial charge in [0.1, 0.15) is 17.6 Å². The van der Waals surface area contributed by atoms with Crippen LogP contribution >= 0.6 is 0 Å². The number of ether oxygens (including phenoxy) is 2. The van der Waals surface area contributed by atoms with E-state index in [0.717, 1.165) is 12.8 Å². The zero-order valence-electron chi connectivity index (χ0n) is 19.8. The molecule has 3 aliphatic heterocycles. The van der Waals surface area contributed by atoms with E-state index in [0.29, 0.717) is 32.4 Å². The van der Waals surface area contributed by atoms with Gasteiger partial charge in [-0.25, -0.2) is 0 Å². The summed E-state index contributed by atoms with van der Waals surface area (Å²) >= 11 is 0. The van der Waals surface area contributed by atoms with Gasteiger partial charge < -0.3 is 24.4 Å². The second kappa shape index (κ2) is 9.51. The van der Waals surface area contributed by atoms with Crippen molar-refractivity contribution in [3.05, 3.63) is 12.7 Å². The predicted molar refractivity (Wildman–Crippen MR) is 119 cm³/mol. The number of rotatable bonds is 11. The molecule has 0 saturated carbocycles. The Morgan fingerprint density at radius 2 is 2.09 bits per heavy atom. The van der Waals surface area contributed by atoms with E-state index in [9.17, 15) is 19.5 Å². The van der Waals surface area contributed by atoms with Gasteiger partial charge >= 0.3 is 5.97 Å². The van der Waals surface area contributed by atoms with E-state index in [1.807, 2.05) is 6.92 Å². The second-order valence-corrected chi connectivity index (χ2v) is 9.29. The molecule has 0 aromatic heterocycles. The van der Waals surface area contributed by atoms with Gasteiger partial charge in [-0.1, -0.05) is 26.3 Å². The van der Waals surface area contributed by atoms with Crippen LogP contribution in [-0.4, -0.2) is 82.3 Å². The number of unbranched alkanes of at least 4 members (excludes halogenated alkanes) is 1. The molecule has 3 heterocycles. The van der Waals surface area contributed by atoms with Crippen molar-refractivity contribution < 1.29 is 29.0 Å². The van der Waals surface area contributed by atoms with Gasteiger partial charge in [0.05, 0.1) is 30.8 Å². The maximum Gasteiger partial charge on any atom is 0.312 e. The van der Waals surface area contributed by atoms with E-state index in [2.05, 4.69) is 13.5 Å². The van der Waals surface area contributed by atoms with Crippen molar-refractivity contribution in [1.82, 2.24) is 9.80 Å². The zero-order chi connectivity index (χ0) is 23.7. The second-order valence-electron chi connectivity index (χ2n) is 9.29. The summed E-state index contributed by atoms with van der Waals surface area (Å²) in [5, 5.41) is 9.91. The molecule has 3 rings (SSSR count). The fourth-order valence-electron chi connectivity index (χ4n) is 6.06. The maximum atomic E-state index is 13.9. The number of aliphatic hydroxyl groups is 1. The number of carbonyl (C=O) groups is 3. The van der Waals surface area contributed by atoms with Crippen LogP contribution in [0.5, 0.6) is 0 Å². The fraction of sp³-hybridized carbons (Fsp3) is 0.792. The van der Waals surface area contributed by atoms with E-state index in [-0.39, 0.29) is 25.0 Å². The van der Waals surface area contributed by atoms with E-state index in [1.165, 1.54) is 4.90 Å². The zero-order valence-corrected chi connectivity index (χ0v) is 19.8. The Bertz CT molecular complexity index is 757. The summed E-state index contributed by atoms with van der Waals surface area (Å²) in [4.78, 5) is 44.0. The molecule has 1 N–H and O–H groups in total. The first-order valence-corrected chi connectivity index (χ1v) is 12.0. The highest BCUT2D eigenvalue weighted by atomic mass is 16.6. The lowest BCUT2D eigenvalue weighted by atomic mass is 9.65. The van der Waals surface area contributed by atoms with Crippen molar-refractivity contribution in [2.75, 3.05) is 26.3 Å². The quantitative estimate of drug-likeness (QED) is 0.382. The number of carbonyl (C=O) groups excluding carboxylic acids is 3. The van der Waals surface area contributed by atoms with Crippen molar-refractivity contribution in [1.29, 1.82) is 0 Å². The number of esters is 1. The molecule has 1 spiro atoms. The third kappa shape index (κ3) is 3.55. The highest BCUT2D eigenvalue weighted by molar-refractivity contribution is 5.98.